The van der Waals surface area contributed by atoms with Gasteiger partial charge in [0.25, 0.3) is 0 Å². The average Bonchev–Trinajstić information content (AvgIpc) is 2.65. The van der Waals surface area contributed by atoms with E-state index in [1.807, 2.05) is 12.1 Å². The molecule has 2 nitrogen and oxygen atoms in total. The largest absolute Gasteiger partial charge is 0.376 e. The Balaban J connectivity index is 1.41. The van der Waals surface area contributed by atoms with E-state index in [9.17, 15) is 0 Å². The Kier molecular flexibility index (Phi) is 7.91. The van der Waals surface area contributed by atoms with Crippen molar-refractivity contribution in [1.29, 1.82) is 0 Å². The smallest absolute Gasteiger partial charge is 0.0828 e. The lowest BCUT2D eigenvalue weighted by Gasteiger charge is -2.29. The number of benzene rings is 2. The maximum atomic E-state index is 5.92. The van der Waals surface area contributed by atoms with Crippen LogP contribution in [0.3, 0.4) is 0 Å². The Morgan fingerprint density at radius 3 is 2.54 bits per heavy atom. The topological polar surface area (TPSA) is 21.3 Å². The summed E-state index contributed by atoms with van der Waals surface area (Å²) in [6.45, 7) is 1.56. The normalized spacial score (nSPS) is 19.9. The number of hydrogen-bond donors (Lipinski definition) is 1. The second-order valence-electron chi connectivity index (χ2n) is 6.83. The minimum atomic E-state index is 0.481. The second kappa shape index (κ2) is 10.2. The highest BCUT2D eigenvalue weighted by molar-refractivity contribution is 14.1. The van der Waals surface area contributed by atoms with E-state index in [2.05, 4.69) is 80.2 Å². The Morgan fingerprint density at radius 1 is 1.12 bits per heavy atom. The van der Waals surface area contributed by atoms with Gasteiger partial charge in [-0.3, -0.25) is 0 Å². The molecule has 0 unspecified atom stereocenters. The SMILES string of the molecule is S=C(Nc1ccc(Br)cc1I)[C@H]1CC[C@H](COCc2ccccc2)CC1. The van der Waals surface area contributed by atoms with E-state index in [0.717, 1.165) is 34.6 Å². The van der Waals surface area contributed by atoms with Gasteiger partial charge in [-0.25, -0.2) is 0 Å². The Labute approximate surface area is 183 Å². The minimum absolute atomic E-state index is 0.481. The molecular weight excluding hydrogens is 521 g/mol. The van der Waals surface area contributed by atoms with Crippen LogP contribution in [-0.2, 0) is 11.3 Å². The molecule has 2 aromatic rings. The first-order valence-electron chi connectivity index (χ1n) is 8.99. The molecule has 0 saturated heterocycles. The van der Waals surface area contributed by atoms with E-state index in [4.69, 9.17) is 17.0 Å². The summed E-state index contributed by atoms with van der Waals surface area (Å²) < 4.78 is 8.20. The molecule has 26 heavy (non-hydrogen) atoms. The summed E-state index contributed by atoms with van der Waals surface area (Å²) in [6.07, 6.45) is 4.69. The number of rotatable bonds is 6. The van der Waals surface area contributed by atoms with Gasteiger partial charge in [-0.05, 0) is 78.0 Å². The van der Waals surface area contributed by atoms with Gasteiger partial charge in [0.2, 0.25) is 0 Å². The summed E-state index contributed by atoms with van der Waals surface area (Å²) in [7, 11) is 0. The fraction of sp³-hybridized carbons (Fsp3) is 0.381. The molecule has 1 saturated carbocycles. The molecule has 3 rings (SSSR count). The van der Waals surface area contributed by atoms with Crippen molar-refractivity contribution in [2.75, 3.05) is 11.9 Å². The van der Waals surface area contributed by atoms with Crippen molar-refractivity contribution in [3.05, 3.63) is 62.1 Å². The van der Waals surface area contributed by atoms with Crippen LogP contribution in [0.15, 0.2) is 53.0 Å². The third kappa shape index (κ3) is 6.01. The van der Waals surface area contributed by atoms with Crippen molar-refractivity contribution in [3.63, 3.8) is 0 Å². The second-order valence-corrected chi connectivity index (χ2v) is 9.35. The number of hydrogen-bond acceptors (Lipinski definition) is 2. The molecule has 1 aliphatic rings. The summed E-state index contributed by atoms with van der Waals surface area (Å²) in [5.74, 6) is 1.14. The lowest BCUT2D eigenvalue weighted by atomic mass is 9.82. The van der Waals surface area contributed by atoms with Gasteiger partial charge in [-0.1, -0.05) is 58.5 Å². The van der Waals surface area contributed by atoms with Crippen molar-refractivity contribution in [1.82, 2.24) is 0 Å². The number of anilines is 1. The molecule has 0 spiro atoms. The highest BCUT2D eigenvalue weighted by Crippen LogP contribution is 2.31. The molecule has 5 heteroatoms. The molecule has 1 fully saturated rings. The van der Waals surface area contributed by atoms with E-state index in [1.54, 1.807) is 0 Å². The quantitative estimate of drug-likeness (QED) is 0.319. The van der Waals surface area contributed by atoms with Crippen molar-refractivity contribution < 1.29 is 4.74 Å². The van der Waals surface area contributed by atoms with Gasteiger partial charge >= 0.3 is 0 Å². The summed E-state index contributed by atoms with van der Waals surface area (Å²) in [5, 5.41) is 3.46. The number of thiocarbonyl (C=S) groups is 1. The molecule has 0 heterocycles. The van der Waals surface area contributed by atoms with E-state index in [-0.39, 0.29) is 0 Å². The van der Waals surface area contributed by atoms with Gasteiger partial charge < -0.3 is 10.1 Å². The Bertz CT molecular complexity index is 732. The molecule has 0 bridgehead atoms. The first kappa shape index (κ1) is 20.2. The van der Waals surface area contributed by atoms with Crippen molar-refractivity contribution >= 4 is 61.4 Å². The molecule has 1 N–H and O–H groups in total. The van der Waals surface area contributed by atoms with Crippen LogP contribution in [0, 0.1) is 15.4 Å². The van der Waals surface area contributed by atoms with Crippen LogP contribution in [0.25, 0.3) is 0 Å². The van der Waals surface area contributed by atoms with Crippen molar-refractivity contribution in [2.24, 2.45) is 11.8 Å². The zero-order chi connectivity index (χ0) is 18.4. The van der Waals surface area contributed by atoms with E-state index >= 15 is 0 Å². The number of ether oxygens (including phenoxy) is 1. The van der Waals surface area contributed by atoms with Gasteiger partial charge in [-0.2, -0.15) is 0 Å². The van der Waals surface area contributed by atoms with Gasteiger partial charge in [0.1, 0.15) is 0 Å². The first-order chi connectivity index (χ1) is 12.6. The lowest BCUT2D eigenvalue weighted by Crippen LogP contribution is -2.27. The maximum absolute atomic E-state index is 5.92. The van der Waals surface area contributed by atoms with Crippen LogP contribution in [0.1, 0.15) is 31.2 Å². The van der Waals surface area contributed by atoms with Gasteiger partial charge in [0.05, 0.1) is 17.3 Å². The molecule has 138 valence electrons. The van der Waals surface area contributed by atoms with Crippen LogP contribution in [0.4, 0.5) is 5.69 Å². The molecule has 0 amide bonds. The zero-order valence-corrected chi connectivity index (χ0v) is 19.1. The Hall–Kier alpha value is -0.500. The summed E-state index contributed by atoms with van der Waals surface area (Å²) in [5.41, 5.74) is 2.35. The van der Waals surface area contributed by atoms with E-state index < -0.39 is 0 Å². The third-order valence-electron chi connectivity index (χ3n) is 4.87. The zero-order valence-electron chi connectivity index (χ0n) is 14.6. The number of halogens is 2. The molecule has 0 aliphatic heterocycles. The standard InChI is InChI=1S/C21H23BrINOS/c22-18-10-11-20(19(23)12-18)24-21(26)17-8-6-16(7-9-17)14-25-13-15-4-2-1-3-5-15/h1-5,10-12,16-17H,6-9,13-14H2,(H,24,26)/t16-,17-. The van der Waals surface area contributed by atoms with Crippen LogP contribution < -0.4 is 5.32 Å². The monoisotopic (exact) mass is 543 g/mol. The van der Waals surface area contributed by atoms with E-state index in [0.29, 0.717) is 18.4 Å². The molecule has 0 radical (unpaired) electrons. The van der Waals surface area contributed by atoms with Gasteiger partial charge in [-0.15, -0.1) is 0 Å². The predicted molar refractivity (Wildman–Crippen MR) is 125 cm³/mol. The predicted octanol–water partition coefficient (Wildman–Crippen LogP) is 6.82. The fourth-order valence-electron chi connectivity index (χ4n) is 3.33. The van der Waals surface area contributed by atoms with Crippen LogP contribution in [-0.4, -0.2) is 11.6 Å². The lowest BCUT2D eigenvalue weighted by molar-refractivity contribution is 0.0711. The number of nitrogens with one attached hydrogen (secondary N) is 1. The summed E-state index contributed by atoms with van der Waals surface area (Å²) >= 11 is 11.5. The molecular formula is C21H23BrINOS. The highest BCUT2D eigenvalue weighted by Gasteiger charge is 2.24. The molecule has 0 atom stereocenters. The van der Waals surface area contributed by atoms with Gasteiger partial charge in [0.15, 0.2) is 0 Å². The fourth-order valence-corrected chi connectivity index (χ4v) is 5.12. The average molecular weight is 544 g/mol. The van der Waals surface area contributed by atoms with Crippen LogP contribution in [0.2, 0.25) is 0 Å². The molecule has 1 aliphatic carbocycles. The van der Waals surface area contributed by atoms with Crippen LogP contribution in [0.5, 0.6) is 0 Å². The summed E-state index contributed by atoms with van der Waals surface area (Å²) in [6, 6.07) is 16.6. The molecule has 0 aromatic heterocycles. The molecule has 2 aromatic carbocycles. The maximum Gasteiger partial charge on any atom is 0.0828 e. The summed E-state index contributed by atoms with van der Waals surface area (Å²) in [4.78, 5) is 0.980. The highest BCUT2D eigenvalue weighted by atomic mass is 127. The Morgan fingerprint density at radius 2 is 1.85 bits per heavy atom. The first-order valence-corrected chi connectivity index (χ1v) is 11.3. The minimum Gasteiger partial charge on any atom is -0.376 e. The van der Waals surface area contributed by atoms with Crippen molar-refractivity contribution in [2.45, 2.75) is 32.3 Å². The van der Waals surface area contributed by atoms with E-state index in [1.165, 1.54) is 22.0 Å². The van der Waals surface area contributed by atoms with Crippen LogP contribution >= 0.6 is 50.7 Å². The van der Waals surface area contributed by atoms with Gasteiger partial charge in [0, 0.05) is 20.6 Å². The van der Waals surface area contributed by atoms with Crippen molar-refractivity contribution in [3.8, 4) is 0 Å². The third-order valence-corrected chi connectivity index (χ3v) is 6.69.